The summed E-state index contributed by atoms with van der Waals surface area (Å²) in [5.74, 6) is 1.00. The molecule has 0 spiro atoms. The van der Waals surface area contributed by atoms with E-state index in [1.807, 2.05) is 49.1 Å². The molecule has 0 radical (unpaired) electrons. The number of nitrogens with zero attached hydrogens (tertiary/aromatic N) is 3. The SMILES string of the molecule is CCC(CC)C(=O)N[C@@H]1C[C@@H](C(=O)N2CCCCC2)C[C@@H]1c1nc(-c2ccccc2)no1. The lowest BCUT2D eigenvalue weighted by Gasteiger charge is -2.29. The molecule has 1 saturated carbocycles. The molecule has 2 fully saturated rings. The lowest BCUT2D eigenvalue weighted by atomic mass is 9.99. The van der Waals surface area contributed by atoms with Crippen LogP contribution in [-0.2, 0) is 9.59 Å². The fourth-order valence-corrected chi connectivity index (χ4v) is 5.09. The van der Waals surface area contributed by atoms with Gasteiger partial charge in [0.05, 0.1) is 5.92 Å². The van der Waals surface area contributed by atoms with E-state index in [2.05, 4.69) is 15.5 Å². The molecule has 7 nitrogen and oxygen atoms in total. The highest BCUT2D eigenvalue weighted by Crippen LogP contribution is 2.40. The van der Waals surface area contributed by atoms with Crippen molar-refractivity contribution in [1.29, 1.82) is 0 Å². The highest BCUT2D eigenvalue weighted by Gasteiger charge is 2.44. The number of piperidine rings is 1. The van der Waals surface area contributed by atoms with Gasteiger partial charge in [0.2, 0.25) is 23.5 Å². The second kappa shape index (κ2) is 10.3. The van der Waals surface area contributed by atoms with Crippen LogP contribution >= 0.6 is 0 Å². The first-order valence-corrected chi connectivity index (χ1v) is 12.1. The fourth-order valence-electron chi connectivity index (χ4n) is 5.09. The zero-order valence-electron chi connectivity index (χ0n) is 19.1. The van der Waals surface area contributed by atoms with E-state index in [0.29, 0.717) is 24.6 Å². The monoisotopic (exact) mass is 438 g/mol. The van der Waals surface area contributed by atoms with Crippen LogP contribution in [0.4, 0.5) is 0 Å². The third-order valence-electron chi connectivity index (χ3n) is 7.05. The summed E-state index contributed by atoms with van der Waals surface area (Å²) in [6, 6.07) is 9.53. The van der Waals surface area contributed by atoms with Crippen molar-refractivity contribution in [3.63, 3.8) is 0 Å². The standard InChI is InChI=1S/C25H34N4O3/c1-3-17(4-2)23(30)26-21-16-19(25(31)29-13-9-6-10-14-29)15-20(21)24-27-22(28-32-24)18-11-7-5-8-12-18/h5,7-8,11-12,17,19-21H,3-4,6,9-10,13-16H2,1-2H3,(H,26,30)/t19-,20-,21+/m0/s1. The predicted octanol–water partition coefficient (Wildman–Crippen LogP) is 4.16. The number of hydrogen-bond donors (Lipinski definition) is 1. The van der Waals surface area contributed by atoms with Gasteiger partial charge in [-0.05, 0) is 44.9 Å². The highest BCUT2D eigenvalue weighted by atomic mass is 16.5. The van der Waals surface area contributed by atoms with Gasteiger partial charge in [0.1, 0.15) is 0 Å². The third-order valence-corrected chi connectivity index (χ3v) is 7.05. The molecule has 2 heterocycles. The summed E-state index contributed by atoms with van der Waals surface area (Å²) in [7, 11) is 0. The van der Waals surface area contributed by atoms with E-state index in [0.717, 1.165) is 44.3 Å². The van der Waals surface area contributed by atoms with Crippen LogP contribution in [0.3, 0.4) is 0 Å². The zero-order chi connectivity index (χ0) is 22.5. The molecule has 1 aromatic carbocycles. The molecule has 1 aromatic heterocycles. The molecule has 2 aliphatic rings. The lowest BCUT2D eigenvalue weighted by Crippen LogP contribution is -2.41. The molecule has 0 unspecified atom stereocenters. The number of nitrogens with one attached hydrogen (secondary N) is 1. The Balaban J connectivity index is 1.54. The Morgan fingerprint density at radius 1 is 1.09 bits per heavy atom. The fraction of sp³-hybridized carbons (Fsp3) is 0.600. The molecule has 2 aromatic rings. The van der Waals surface area contributed by atoms with Crippen molar-refractivity contribution in [2.45, 2.75) is 70.8 Å². The van der Waals surface area contributed by atoms with Crippen molar-refractivity contribution in [3.05, 3.63) is 36.2 Å². The van der Waals surface area contributed by atoms with Gasteiger partial charge in [-0.1, -0.05) is 49.3 Å². The first-order valence-electron chi connectivity index (χ1n) is 12.1. The maximum Gasteiger partial charge on any atom is 0.232 e. The van der Waals surface area contributed by atoms with Gasteiger partial charge in [-0.15, -0.1) is 0 Å². The van der Waals surface area contributed by atoms with E-state index < -0.39 is 0 Å². The Morgan fingerprint density at radius 3 is 2.50 bits per heavy atom. The van der Waals surface area contributed by atoms with E-state index >= 15 is 0 Å². The van der Waals surface area contributed by atoms with Crippen molar-refractivity contribution in [2.75, 3.05) is 13.1 Å². The average molecular weight is 439 g/mol. The first kappa shape index (κ1) is 22.5. The molecule has 3 atom stereocenters. The minimum absolute atomic E-state index is 0.0185. The van der Waals surface area contributed by atoms with Crippen LogP contribution in [0.1, 0.15) is 70.6 Å². The van der Waals surface area contributed by atoms with Crippen LogP contribution in [-0.4, -0.2) is 46.0 Å². The first-order chi connectivity index (χ1) is 15.6. The molecule has 2 amide bonds. The topological polar surface area (TPSA) is 88.3 Å². The normalized spacial score (nSPS) is 23.5. The number of rotatable bonds is 7. The second-order valence-corrected chi connectivity index (χ2v) is 9.11. The van der Waals surface area contributed by atoms with Crippen LogP contribution in [0.15, 0.2) is 34.9 Å². The van der Waals surface area contributed by atoms with Crippen molar-refractivity contribution in [1.82, 2.24) is 20.4 Å². The van der Waals surface area contributed by atoms with Gasteiger partial charge in [0.15, 0.2) is 0 Å². The Labute approximate surface area is 189 Å². The summed E-state index contributed by atoms with van der Waals surface area (Å²) in [4.78, 5) is 32.8. The van der Waals surface area contributed by atoms with Crippen molar-refractivity contribution >= 4 is 11.8 Å². The summed E-state index contributed by atoms with van der Waals surface area (Å²) < 4.78 is 5.66. The minimum atomic E-state index is -0.175. The van der Waals surface area contributed by atoms with Crippen LogP contribution < -0.4 is 5.32 Å². The number of hydrogen-bond acceptors (Lipinski definition) is 5. The average Bonchev–Trinajstić information content (AvgIpc) is 3.48. The molecule has 4 rings (SSSR count). The molecule has 1 saturated heterocycles. The smallest absolute Gasteiger partial charge is 0.232 e. The molecule has 1 aliphatic carbocycles. The van der Waals surface area contributed by atoms with Gasteiger partial charge in [-0.25, -0.2) is 0 Å². The van der Waals surface area contributed by atoms with Gasteiger partial charge in [0, 0.05) is 36.5 Å². The molecule has 0 bridgehead atoms. The summed E-state index contributed by atoms with van der Waals surface area (Å²) in [5.41, 5.74) is 0.888. The molecule has 32 heavy (non-hydrogen) atoms. The molecule has 1 aliphatic heterocycles. The minimum Gasteiger partial charge on any atom is -0.352 e. The molecule has 7 heteroatoms. The molecular formula is C25H34N4O3. The summed E-state index contributed by atoms with van der Waals surface area (Å²) in [6.45, 7) is 5.74. The van der Waals surface area contributed by atoms with Crippen LogP contribution in [0.2, 0.25) is 0 Å². The number of likely N-dealkylation sites (tertiary alicyclic amines) is 1. The Morgan fingerprint density at radius 2 is 1.81 bits per heavy atom. The number of benzene rings is 1. The molecule has 172 valence electrons. The summed E-state index contributed by atoms with van der Waals surface area (Å²) in [6.07, 6.45) is 6.18. The van der Waals surface area contributed by atoms with Crippen LogP contribution in [0.25, 0.3) is 11.4 Å². The highest BCUT2D eigenvalue weighted by molar-refractivity contribution is 5.81. The van der Waals surface area contributed by atoms with Gasteiger partial charge in [-0.2, -0.15) is 4.98 Å². The number of aromatic nitrogens is 2. The van der Waals surface area contributed by atoms with Gasteiger partial charge in [0.25, 0.3) is 0 Å². The number of carbonyl (C=O) groups excluding carboxylic acids is 2. The Bertz CT molecular complexity index is 903. The van der Waals surface area contributed by atoms with Gasteiger partial charge < -0.3 is 14.7 Å². The maximum atomic E-state index is 13.2. The molecular weight excluding hydrogens is 404 g/mol. The maximum absolute atomic E-state index is 13.2. The van der Waals surface area contributed by atoms with Crippen molar-refractivity contribution in [2.24, 2.45) is 11.8 Å². The van der Waals surface area contributed by atoms with E-state index in [1.54, 1.807) is 0 Å². The lowest BCUT2D eigenvalue weighted by molar-refractivity contribution is -0.136. The van der Waals surface area contributed by atoms with Crippen molar-refractivity contribution < 1.29 is 14.1 Å². The zero-order valence-corrected chi connectivity index (χ0v) is 19.1. The van der Waals surface area contributed by atoms with Crippen molar-refractivity contribution in [3.8, 4) is 11.4 Å². The van der Waals surface area contributed by atoms with Gasteiger partial charge >= 0.3 is 0 Å². The third kappa shape index (κ3) is 4.87. The number of carbonyl (C=O) groups is 2. The quantitative estimate of drug-likeness (QED) is 0.701. The Kier molecular flexibility index (Phi) is 7.22. The predicted molar refractivity (Wildman–Crippen MR) is 122 cm³/mol. The largest absolute Gasteiger partial charge is 0.352 e. The van der Waals surface area contributed by atoms with Crippen LogP contribution in [0, 0.1) is 11.8 Å². The van der Waals surface area contributed by atoms with Gasteiger partial charge in [-0.3, -0.25) is 9.59 Å². The Hall–Kier alpha value is -2.70. The molecule has 1 N–H and O–H groups in total. The van der Waals surface area contributed by atoms with E-state index in [9.17, 15) is 9.59 Å². The summed E-state index contributed by atoms with van der Waals surface area (Å²) >= 11 is 0. The van der Waals surface area contributed by atoms with E-state index in [1.165, 1.54) is 6.42 Å². The van der Waals surface area contributed by atoms with E-state index in [-0.39, 0.29) is 35.6 Å². The number of amides is 2. The summed E-state index contributed by atoms with van der Waals surface area (Å²) in [5, 5.41) is 7.41. The van der Waals surface area contributed by atoms with E-state index in [4.69, 9.17) is 4.52 Å². The van der Waals surface area contributed by atoms with Crippen LogP contribution in [0.5, 0.6) is 0 Å². The second-order valence-electron chi connectivity index (χ2n) is 9.11.